The van der Waals surface area contributed by atoms with Gasteiger partial charge in [0, 0.05) is 12.9 Å². The van der Waals surface area contributed by atoms with Crippen molar-refractivity contribution in [2.24, 2.45) is 0 Å². The zero-order valence-corrected chi connectivity index (χ0v) is 26.7. The van der Waals surface area contributed by atoms with E-state index in [2.05, 4.69) is 99.8 Å². The molecule has 2 saturated carbocycles. The van der Waals surface area contributed by atoms with Crippen LogP contribution < -0.4 is 0 Å². The Morgan fingerprint density at radius 3 is 0.889 bits per heavy atom. The first-order valence-corrected chi connectivity index (χ1v) is 16.4. The second-order valence-corrected chi connectivity index (χ2v) is 14.6. The van der Waals surface area contributed by atoms with Crippen molar-refractivity contribution in [2.75, 3.05) is 12.9 Å². The molecule has 0 atom stereocenters. The first-order chi connectivity index (χ1) is 16.4. The standard InChI is InChI=1S/C9H21P.2C8H12.C3H7O.CH4O3S.Ni/c1-7(2)10(8(3)4)9(5)6;2*1-2-4-6-8-7-5-3-1;1-2-3-4;1-5(2,3)4;/h7-9H,1-6H3;2*1-2,7-8H,3-6H2;4H,1-3H2;1H3,(H,2,3,4);/q;;;-1;;+2/p-1. The van der Waals surface area contributed by atoms with Gasteiger partial charge in [-0.3, -0.25) is 0 Å². The predicted molar refractivity (Wildman–Crippen MR) is 156 cm³/mol. The van der Waals surface area contributed by atoms with E-state index in [4.69, 9.17) is 18.1 Å². The van der Waals surface area contributed by atoms with Gasteiger partial charge in [0.2, 0.25) is 0 Å². The summed E-state index contributed by atoms with van der Waals surface area (Å²) in [6.45, 7) is 17.7. The summed E-state index contributed by atoms with van der Waals surface area (Å²) < 4.78 is 27.2. The normalized spacial score (nSPS) is 16.6. The van der Waals surface area contributed by atoms with E-state index in [-0.39, 0.29) is 31.0 Å². The number of rotatable bonds is 4. The molecule has 0 aromatic heterocycles. The molecule has 2 fully saturated rings. The molecule has 216 valence electrons. The molecule has 2 rings (SSSR count). The van der Waals surface area contributed by atoms with Crippen LogP contribution in [0.2, 0.25) is 0 Å². The molecule has 0 heterocycles. The number of hydrogen-bond acceptors (Lipinski definition) is 4. The Labute approximate surface area is 239 Å². The zero-order chi connectivity index (χ0) is 27.5. The van der Waals surface area contributed by atoms with Gasteiger partial charge in [-0.1, -0.05) is 49.5 Å². The largest absolute Gasteiger partial charge is 2.00 e. The molecule has 0 aromatic rings. The van der Waals surface area contributed by atoms with E-state index in [1.807, 2.05) is 0 Å². The van der Waals surface area contributed by atoms with Crippen LogP contribution in [0.15, 0.2) is 0 Å². The molecule has 8 radical (unpaired) electrons. The molecule has 36 heavy (non-hydrogen) atoms. The molecule has 2 aliphatic rings. The summed E-state index contributed by atoms with van der Waals surface area (Å²) in [7, 11) is -3.65. The first-order valence-electron chi connectivity index (χ1n) is 13.1. The van der Waals surface area contributed by atoms with Gasteiger partial charge in [-0.15, -0.1) is 0 Å². The van der Waals surface area contributed by atoms with Crippen LogP contribution in [0.5, 0.6) is 0 Å². The molecule has 7 heteroatoms. The Morgan fingerprint density at radius 1 is 0.694 bits per heavy atom. The molecular weight excluding hydrogens is 534 g/mol. The van der Waals surface area contributed by atoms with Gasteiger partial charge in [0.1, 0.15) is 0 Å². The second-order valence-electron chi connectivity index (χ2n) is 9.20. The van der Waals surface area contributed by atoms with Gasteiger partial charge >= 0.3 is 16.5 Å². The van der Waals surface area contributed by atoms with Gasteiger partial charge < -0.3 is 16.6 Å². The summed E-state index contributed by atoms with van der Waals surface area (Å²) >= 11 is 0. The summed E-state index contributed by atoms with van der Waals surface area (Å²) in [5, 5.41) is 7.81. The average molecular weight is 589 g/mol. The van der Waals surface area contributed by atoms with Crippen LogP contribution in [-0.2, 0) is 26.6 Å². The Hall–Kier alpha value is 0.794. The number of hydrogen-bond donors (Lipinski definition) is 1. The fourth-order valence-electron chi connectivity index (χ4n) is 3.50. The number of aliphatic hydroxyl groups is 1. The van der Waals surface area contributed by atoms with Crippen LogP contribution in [0.4, 0.5) is 0 Å². The van der Waals surface area contributed by atoms with E-state index >= 15 is 0 Å². The van der Waals surface area contributed by atoms with E-state index in [0.717, 1.165) is 17.0 Å². The minimum atomic E-state index is -3.92. The quantitative estimate of drug-likeness (QED) is 0.157. The van der Waals surface area contributed by atoms with Gasteiger partial charge in [-0.05, 0) is 120 Å². The molecule has 1 N–H and O–H groups in total. The van der Waals surface area contributed by atoms with Gasteiger partial charge in [0.15, 0.2) is 0 Å². The molecule has 0 bridgehead atoms. The third kappa shape index (κ3) is 44.8. The molecule has 0 spiro atoms. The van der Waals surface area contributed by atoms with Crippen molar-refractivity contribution >= 4 is 18.0 Å². The van der Waals surface area contributed by atoms with Crippen molar-refractivity contribution in [3.8, 4) is 0 Å². The summed E-state index contributed by atoms with van der Waals surface area (Å²) in [5.41, 5.74) is 2.69. The molecule has 0 amide bonds. The van der Waals surface area contributed by atoms with Crippen molar-refractivity contribution < 1.29 is 34.6 Å². The Balaban J connectivity index is -0.000000182. The maximum absolute atomic E-state index is 9.08. The third-order valence-corrected chi connectivity index (χ3v) is 8.19. The van der Waals surface area contributed by atoms with Gasteiger partial charge in [0.05, 0.1) is 10.1 Å². The maximum Gasteiger partial charge on any atom is 2.00 e. The van der Waals surface area contributed by atoms with Crippen molar-refractivity contribution in [1.29, 1.82) is 0 Å². The van der Waals surface area contributed by atoms with Gasteiger partial charge in [-0.25, -0.2) is 8.42 Å². The van der Waals surface area contributed by atoms with E-state index in [1.54, 1.807) is 0 Å². The number of aliphatic hydroxyl groups excluding tert-OH is 1. The van der Waals surface area contributed by atoms with E-state index < -0.39 is 10.1 Å². The topological polar surface area (TPSA) is 77.4 Å². The van der Waals surface area contributed by atoms with Crippen LogP contribution in [0, 0.1) is 58.3 Å². The fraction of sp³-hybridized carbons (Fsp3) is 0.690. The monoisotopic (exact) mass is 588 g/mol. The van der Waals surface area contributed by atoms with Gasteiger partial charge in [0.25, 0.3) is 0 Å². The second kappa shape index (κ2) is 32.0. The molecular formula is C29H55NiO4PS. The van der Waals surface area contributed by atoms with E-state index in [1.165, 1.54) is 51.4 Å². The maximum atomic E-state index is 9.08. The summed E-state index contributed by atoms with van der Waals surface area (Å²) in [5.74, 6) is 0. The van der Waals surface area contributed by atoms with Crippen LogP contribution >= 0.6 is 7.92 Å². The average Bonchev–Trinajstić information content (AvgIpc) is 2.66. The molecule has 4 nitrogen and oxygen atoms in total. The van der Waals surface area contributed by atoms with Crippen molar-refractivity contribution in [1.82, 2.24) is 0 Å². The van der Waals surface area contributed by atoms with Crippen molar-refractivity contribution in [3.05, 3.63) is 58.3 Å². The van der Waals surface area contributed by atoms with Crippen molar-refractivity contribution in [2.45, 2.75) is 116 Å². The molecule has 0 aliphatic heterocycles. The van der Waals surface area contributed by atoms with Crippen LogP contribution in [0.25, 0.3) is 0 Å². The summed E-state index contributed by atoms with van der Waals surface area (Å²) in [6, 6.07) is 0. The predicted octanol–water partition coefficient (Wildman–Crippen LogP) is 7.81. The molecule has 0 saturated heterocycles. The van der Waals surface area contributed by atoms with Crippen molar-refractivity contribution in [3.63, 3.8) is 0 Å². The Kier molecular flexibility index (Phi) is 39.0. The van der Waals surface area contributed by atoms with E-state index in [9.17, 15) is 0 Å². The summed E-state index contributed by atoms with van der Waals surface area (Å²) in [4.78, 5) is 0. The first kappa shape index (κ1) is 43.8. The van der Waals surface area contributed by atoms with Gasteiger partial charge in [-0.2, -0.15) is 6.42 Å². The van der Waals surface area contributed by atoms with Crippen LogP contribution in [-0.4, -0.2) is 47.9 Å². The minimum absolute atomic E-state index is 0. The Morgan fingerprint density at radius 2 is 0.833 bits per heavy atom. The minimum Gasteiger partial charge on any atom is -0.748 e. The third-order valence-electron chi connectivity index (χ3n) is 4.61. The SMILES string of the molecule is CC(C)P(C(C)C)C(C)C.CS(=O)(=O)[O-].[CH2-]CCO.[CH]1[CH]CC[CH][CH]CC1.[CH]1[CH]CC[CH][CH]CC1.[Ni+2]. The Bertz CT molecular complexity index is 406. The molecule has 2 aliphatic carbocycles. The summed E-state index contributed by atoms with van der Waals surface area (Å²) in [6.07, 6.45) is 29.2. The van der Waals surface area contributed by atoms with E-state index in [0.29, 0.717) is 12.7 Å². The van der Waals surface area contributed by atoms with Crippen LogP contribution in [0.1, 0.15) is 99.3 Å². The fourth-order valence-corrected chi connectivity index (χ4v) is 7.08. The molecule has 0 unspecified atom stereocenters. The zero-order valence-electron chi connectivity index (χ0n) is 24.0. The smallest absolute Gasteiger partial charge is 0.748 e. The van der Waals surface area contributed by atoms with Crippen LogP contribution in [0.3, 0.4) is 0 Å². The molecule has 0 aromatic carbocycles.